The number of rotatable bonds is 7. The molecule has 0 spiro atoms. The molecule has 4 aromatic rings. The van der Waals surface area contributed by atoms with Gasteiger partial charge in [-0.05, 0) is 54.6 Å². The number of nitrogens with zero attached hydrogens (tertiary/aromatic N) is 3. The molecule has 1 aromatic heterocycles. The normalized spacial score (nSPS) is 10.6. The summed E-state index contributed by atoms with van der Waals surface area (Å²) in [5.74, 6) is 0.141. The van der Waals surface area contributed by atoms with Crippen molar-refractivity contribution in [3.05, 3.63) is 94.4 Å². The quantitative estimate of drug-likeness (QED) is 0.311. The van der Waals surface area contributed by atoms with Gasteiger partial charge in [0.15, 0.2) is 0 Å². The third-order valence-corrected chi connectivity index (χ3v) is 5.03. The minimum absolute atomic E-state index is 0.0923. The van der Waals surface area contributed by atoms with Crippen LogP contribution < -0.4 is 14.8 Å². The predicted molar refractivity (Wildman–Crippen MR) is 123 cm³/mol. The molecule has 0 atom stereocenters. The number of methoxy groups -OCH3 is 2. The van der Waals surface area contributed by atoms with E-state index in [1.165, 1.54) is 67.4 Å². The van der Waals surface area contributed by atoms with Crippen LogP contribution in [-0.4, -0.2) is 34.8 Å². The highest BCUT2D eigenvalue weighted by Crippen LogP contribution is 2.34. The number of carbonyl (C=O) groups is 1. The Labute approximate surface area is 193 Å². The highest BCUT2D eigenvalue weighted by molar-refractivity contribution is 6.04. The molecule has 0 radical (unpaired) electrons. The fourth-order valence-electron chi connectivity index (χ4n) is 3.33. The maximum Gasteiger partial charge on any atom is 0.274 e. The monoisotopic (exact) mass is 462 g/mol. The average Bonchev–Trinajstić information content (AvgIpc) is 3.30. The number of nitrogens with one attached hydrogen (secondary N) is 1. The molecular weight excluding hydrogens is 443 g/mol. The van der Waals surface area contributed by atoms with Crippen molar-refractivity contribution in [2.24, 2.45) is 0 Å². The molecule has 1 heterocycles. The molecule has 1 N–H and O–H groups in total. The Morgan fingerprint density at radius 1 is 1.00 bits per heavy atom. The van der Waals surface area contributed by atoms with E-state index in [0.29, 0.717) is 34.1 Å². The summed E-state index contributed by atoms with van der Waals surface area (Å²) in [6, 6.07) is 17.7. The van der Waals surface area contributed by atoms with Crippen molar-refractivity contribution in [1.82, 2.24) is 9.78 Å². The number of non-ortho nitro benzene ring substituents is 1. The molecule has 4 rings (SSSR count). The molecule has 0 saturated carbocycles. The second-order valence-corrected chi connectivity index (χ2v) is 7.13. The molecule has 34 heavy (non-hydrogen) atoms. The van der Waals surface area contributed by atoms with Crippen molar-refractivity contribution in [1.29, 1.82) is 0 Å². The van der Waals surface area contributed by atoms with E-state index in [9.17, 15) is 19.3 Å². The lowest BCUT2D eigenvalue weighted by molar-refractivity contribution is -0.384. The molecule has 0 aliphatic heterocycles. The first-order valence-electron chi connectivity index (χ1n) is 10.0. The van der Waals surface area contributed by atoms with E-state index in [2.05, 4.69) is 10.4 Å². The van der Waals surface area contributed by atoms with Gasteiger partial charge in [0, 0.05) is 29.4 Å². The highest BCUT2D eigenvalue weighted by Gasteiger charge is 2.20. The van der Waals surface area contributed by atoms with E-state index >= 15 is 0 Å². The largest absolute Gasteiger partial charge is 0.497 e. The van der Waals surface area contributed by atoms with Gasteiger partial charge in [0.2, 0.25) is 0 Å². The van der Waals surface area contributed by atoms with Gasteiger partial charge < -0.3 is 14.8 Å². The minimum Gasteiger partial charge on any atom is -0.497 e. The van der Waals surface area contributed by atoms with E-state index < -0.39 is 16.6 Å². The Hall–Kier alpha value is -4.73. The fourth-order valence-corrected chi connectivity index (χ4v) is 3.33. The summed E-state index contributed by atoms with van der Waals surface area (Å²) in [6.45, 7) is 0. The summed E-state index contributed by atoms with van der Waals surface area (Å²) in [7, 11) is 3.05. The van der Waals surface area contributed by atoms with Gasteiger partial charge in [0.05, 0.1) is 30.5 Å². The van der Waals surface area contributed by atoms with Crippen molar-refractivity contribution >= 4 is 17.3 Å². The zero-order chi connectivity index (χ0) is 24.2. The standard InChI is InChI=1S/C24H19FN4O5/c1-33-19-11-12-20(23(13-19)34-2)21-14-22(24(30)26-16-5-3-15(25)4-6-16)28(27-21)17-7-9-18(10-8-17)29(31)32/h3-14H,1-2H3,(H,26,30). The summed E-state index contributed by atoms with van der Waals surface area (Å²) in [6.07, 6.45) is 0. The molecule has 1 amide bonds. The molecule has 0 aliphatic rings. The highest BCUT2D eigenvalue weighted by atomic mass is 19.1. The van der Waals surface area contributed by atoms with Crippen LogP contribution in [0.5, 0.6) is 11.5 Å². The van der Waals surface area contributed by atoms with Crippen LogP contribution in [0.4, 0.5) is 15.8 Å². The number of anilines is 1. The Bertz CT molecular complexity index is 1350. The van der Waals surface area contributed by atoms with Gasteiger partial charge in [0.1, 0.15) is 23.0 Å². The molecular formula is C24H19FN4O5. The number of amides is 1. The number of carbonyl (C=O) groups excluding carboxylic acids is 1. The van der Waals surface area contributed by atoms with Gasteiger partial charge >= 0.3 is 0 Å². The van der Waals surface area contributed by atoms with Gasteiger partial charge in [-0.25, -0.2) is 9.07 Å². The van der Waals surface area contributed by atoms with E-state index in [0.717, 1.165) is 0 Å². The SMILES string of the molecule is COc1ccc(-c2cc(C(=O)Nc3ccc(F)cc3)n(-c3ccc([N+](=O)[O-])cc3)n2)c(OC)c1. The Morgan fingerprint density at radius 2 is 1.71 bits per heavy atom. The van der Waals surface area contributed by atoms with Gasteiger partial charge in [-0.15, -0.1) is 0 Å². The van der Waals surface area contributed by atoms with Gasteiger partial charge in [-0.1, -0.05) is 0 Å². The number of aromatic nitrogens is 2. The van der Waals surface area contributed by atoms with Crippen molar-refractivity contribution < 1.29 is 23.6 Å². The molecule has 172 valence electrons. The number of nitro benzene ring substituents is 1. The third kappa shape index (κ3) is 4.56. The summed E-state index contributed by atoms with van der Waals surface area (Å²) in [4.78, 5) is 23.7. The molecule has 9 nitrogen and oxygen atoms in total. The molecule has 0 fully saturated rings. The second-order valence-electron chi connectivity index (χ2n) is 7.13. The Balaban J connectivity index is 1.80. The summed E-state index contributed by atoms with van der Waals surface area (Å²) >= 11 is 0. The number of ether oxygens (including phenoxy) is 2. The van der Waals surface area contributed by atoms with Crippen LogP contribution in [0.3, 0.4) is 0 Å². The van der Waals surface area contributed by atoms with Crippen LogP contribution in [0.15, 0.2) is 72.8 Å². The molecule has 3 aromatic carbocycles. The summed E-state index contributed by atoms with van der Waals surface area (Å²) in [5, 5.41) is 18.3. The number of hydrogen-bond acceptors (Lipinski definition) is 6. The van der Waals surface area contributed by atoms with E-state index in [-0.39, 0.29) is 11.4 Å². The van der Waals surface area contributed by atoms with Crippen LogP contribution in [0.1, 0.15) is 10.5 Å². The summed E-state index contributed by atoms with van der Waals surface area (Å²) in [5.41, 5.74) is 1.94. The smallest absolute Gasteiger partial charge is 0.274 e. The zero-order valence-corrected chi connectivity index (χ0v) is 18.2. The van der Waals surface area contributed by atoms with Crippen molar-refractivity contribution in [2.45, 2.75) is 0 Å². The zero-order valence-electron chi connectivity index (χ0n) is 18.2. The predicted octanol–water partition coefficient (Wildman–Crippen LogP) is 4.86. The van der Waals surface area contributed by atoms with Gasteiger partial charge in [0.25, 0.3) is 11.6 Å². The average molecular weight is 462 g/mol. The van der Waals surface area contributed by atoms with E-state index in [4.69, 9.17) is 9.47 Å². The first-order chi connectivity index (χ1) is 16.4. The molecule has 0 bridgehead atoms. The van der Waals surface area contributed by atoms with Crippen LogP contribution >= 0.6 is 0 Å². The molecule has 0 aliphatic carbocycles. The van der Waals surface area contributed by atoms with Crippen LogP contribution in [0, 0.1) is 15.9 Å². The van der Waals surface area contributed by atoms with Gasteiger partial charge in [-0.2, -0.15) is 5.10 Å². The van der Waals surface area contributed by atoms with Crippen molar-refractivity contribution in [2.75, 3.05) is 19.5 Å². The van der Waals surface area contributed by atoms with Crippen LogP contribution in [-0.2, 0) is 0 Å². The Kier molecular flexibility index (Phi) is 6.22. The first kappa shape index (κ1) is 22.5. The lowest BCUT2D eigenvalue weighted by Crippen LogP contribution is -2.17. The number of benzene rings is 3. The number of hydrogen-bond donors (Lipinski definition) is 1. The van der Waals surface area contributed by atoms with Crippen LogP contribution in [0.2, 0.25) is 0 Å². The molecule has 0 unspecified atom stereocenters. The number of nitro groups is 1. The minimum atomic E-state index is -0.511. The second kappa shape index (κ2) is 9.41. The topological polar surface area (TPSA) is 109 Å². The maximum absolute atomic E-state index is 13.2. The van der Waals surface area contributed by atoms with Crippen LogP contribution in [0.25, 0.3) is 16.9 Å². The first-order valence-corrected chi connectivity index (χ1v) is 10.0. The van der Waals surface area contributed by atoms with Gasteiger partial charge in [-0.3, -0.25) is 14.9 Å². The lowest BCUT2D eigenvalue weighted by Gasteiger charge is -2.09. The molecule has 10 heteroatoms. The Morgan fingerprint density at radius 3 is 2.32 bits per heavy atom. The van der Waals surface area contributed by atoms with Crippen molar-refractivity contribution in [3.8, 4) is 28.4 Å². The maximum atomic E-state index is 13.2. The van der Waals surface area contributed by atoms with Crippen molar-refractivity contribution in [3.63, 3.8) is 0 Å². The third-order valence-electron chi connectivity index (χ3n) is 5.03. The van der Waals surface area contributed by atoms with E-state index in [1.54, 1.807) is 24.3 Å². The molecule has 0 saturated heterocycles. The number of halogens is 1. The lowest BCUT2D eigenvalue weighted by atomic mass is 10.1. The summed E-state index contributed by atoms with van der Waals surface area (Å²) < 4.78 is 25.3. The van der Waals surface area contributed by atoms with E-state index in [1.807, 2.05) is 0 Å². The fraction of sp³-hybridized carbons (Fsp3) is 0.0833.